The van der Waals surface area contributed by atoms with E-state index in [0.717, 1.165) is 29.9 Å². The molecule has 3 rings (SSSR count). The highest BCUT2D eigenvalue weighted by Gasteiger charge is 2.50. The molecule has 0 aromatic heterocycles. The van der Waals surface area contributed by atoms with Crippen molar-refractivity contribution < 1.29 is 15.3 Å². The molecule has 170 valence electrons. The van der Waals surface area contributed by atoms with Crippen molar-refractivity contribution in [2.24, 2.45) is 23.2 Å². The molecule has 0 saturated heterocycles. The van der Waals surface area contributed by atoms with Gasteiger partial charge in [-0.1, -0.05) is 51.0 Å². The minimum Gasteiger partial charge on any atom is -0.393 e. The number of hydrogen-bond acceptors (Lipinski definition) is 3. The Morgan fingerprint density at radius 2 is 1.97 bits per heavy atom. The summed E-state index contributed by atoms with van der Waals surface area (Å²) in [7, 11) is 0. The Labute approximate surface area is 184 Å². The van der Waals surface area contributed by atoms with E-state index in [1.807, 2.05) is 13.8 Å². The fraction of sp³-hybridized carbons (Fsp3) is 0.778. The second-order valence-corrected chi connectivity index (χ2v) is 11.3. The van der Waals surface area contributed by atoms with Crippen LogP contribution in [0.2, 0.25) is 0 Å². The molecule has 3 aliphatic carbocycles. The zero-order valence-corrected chi connectivity index (χ0v) is 19.7. The van der Waals surface area contributed by atoms with Crippen LogP contribution in [0.4, 0.5) is 0 Å². The average Bonchev–Trinajstić information content (AvgIpc) is 3.00. The summed E-state index contributed by atoms with van der Waals surface area (Å²) in [6.45, 7) is 12.8. The van der Waals surface area contributed by atoms with Crippen molar-refractivity contribution in [1.82, 2.24) is 0 Å². The highest BCUT2D eigenvalue weighted by atomic mass is 16.3. The van der Waals surface area contributed by atoms with E-state index >= 15 is 0 Å². The first-order valence-corrected chi connectivity index (χ1v) is 12.2. The zero-order valence-electron chi connectivity index (χ0n) is 19.7. The van der Waals surface area contributed by atoms with Crippen molar-refractivity contribution in [3.05, 3.63) is 35.5 Å². The summed E-state index contributed by atoms with van der Waals surface area (Å²) in [5, 5.41) is 30.2. The quantitative estimate of drug-likeness (QED) is 0.520. The van der Waals surface area contributed by atoms with E-state index in [4.69, 9.17) is 0 Å². The van der Waals surface area contributed by atoms with Gasteiger partial charge in [-0.2, -0.15) is 0 Å². The summed E-state index contributed by atoms with van der Waals surface area (Å²) >= 11 is 0. The maximum Gasteiger partial charge on any atom is 0.0811 e. The van der Waals surface area contributed by atoms with Crippen LogP contribution in [0, 0.1) is 23.2 Å². The number of hydrogen-bond donors (Lipinski definition) is 3. The van der Waals surface area contributed by atoms with E-state index in [9.17, 15) is 15.3 Å². The lowest BCUT2D eigenvalue weighted by Crippen LogP contribution is -2.36. The molecule has 3 aliphatic rings. The molecule has 0 bridgehead atoms. The molecule has 0 aliphatic heterocycles. The van der Waals surface area contributed by atoms with Gasteiger partial charge in [0.25, 0.3) is 0 Å². The van der Waals surface area contributed by atoms with Gasteiger partial charge in [-0.25, -0.2) is 0 Å². The molecule has 6 atom stereocenters. The molecule has 0 aromatic carbocycles. The molecular weight excluding hydrogens is 372 g/mol. The van der Waals surface area contributed by atoms with Crippen molar-refractivity contribution in [2.75, 3.05) is 0 Å². The number of rotatable bonds is 6. The molecule has 3 saturated carbocycles. The maximum atomic E-state index is 10.1. The van der Waals surface area contributed by atoms with Crippen LogP contribution in [-0.4, -0.2) is 33.1 Å². The summed E-state index contributed by atoms with van der Waals surface area (Å²) in [6, 6.07) is 0. The summed E-state index contributed by atoms with van der Waals surface area (Å²) in [6.07, 6.45) is 13.9. The van der Waals surface area contributed by atoms with E-state index in [0.29, 0.717) is 30.1 Å². The Morgan fingerprint density at radius 1 is 1.23 bits per heavy atom. The van der Waals surface area contributed by atoms with Gasteiger partial charge in [-0.15, -0.1) is 0 Å². The molecule has 30 heavy (non-hydrogen) atoms. The maximum absolute atomic E-state index is 10.1. The molecule has 3 heteroatoms. The smallest absolute Gasteiger partial charge is 0.0811 e. The highest BCUT2D eigenvalue weighted by molar-refractivity contribution is 5.38. The van der Waals surface area contributed by atoms with Gasteiger partial charge < -0.3 is 15.3 Å². The Bertz CT molecular complexity index is 683. The molecule has 3 fully saturated rings. The van der Waals surface area contributed by atoms with Crippen molar-refractivity contribution in [2.45, 2.75) is 110 Å². The van der Waals surface area contributed by atoms with E-state index in [2.05, 4.69) is 32.6 Å². The van der Waals surface area contributed by atoms with Crippen molar-refractivity contribution >= 4 is 0 Å². The van der Waals surface area contributed by atoms with Crippen molar-refractivity contribution in [3.8, 4) is 0 Å². The standard InChI is InChI=1S/C27H44O3/c1-18(8-6-14-26(3,4)30)23-12-13-24-20(9-7-15-27(23,24)5)10-11-21-16-22(28)17-25(29)19(21)2/h10-11,18,22-25,28-30H,2,6-9,12-17H2,1,3-5H3/b20-10+,21-11-/t18-,22-,23?,24+,25+,27-/m1/s1. The van der Waals surface area contributed by atoms with Crippen LogP contribution in [0.25, 0.3) is 0 Å². The molecular formula is C27H44O3. The Morgan fingerprint density at radius 3 is 2.67 bits per heavy atom. The van der Waals surface area contributed by atoms with Crippen molar-refractivity contribution in [1.29, 1.82) is 0 Å². The predicted octanol–water partition coefficient (Wildman–Crippen LogP) is 5.70. The van der Waals surface area contributed by atoms with E-state index in [-0.39, 0.29) is 0 Å². The monoisotopic (exact) mass is 416 g/mol. The lowest BCUT2D eigenvalue weighted by molar-refractivity contribution is 0.0596. The lowest BCUT2D eigenvalue weighted by atomic mass is 9.60. The van der Waals surface area contributed by atoms with Gasteiger partial charge in [0.2, 0.25) is 0 Å². The third-order valence-corrected chi connectivity index (χ3v) is 8.44. The van der Waals surface area contributed by atoms with E-state index in [1.165, 1.54) is 38.5 Å². The Kier molecular flexibility index (Phi) is 7.37. The summed E-state index contributed by atoms with van der Waals surface area (Å²) in [4.78, 5) is 0. The van der Waals surface area contributed by atoms with E-state index < -0.39 is 17.8 Å². The molecule has 0 radical (unpaired) electrons. The van der Waals surface area contributed by atoms with Crippen LogP contribution in [0.3, 0.4) is 0 Å². The molecule has 3 nitrogen and oxygen atoms in total. The molecule has 0 spiro atoms. The third-order valence-electron chi connectivity index (χ3n) is 8.44. The van der Waals surface area contributed by atoms with E-state index in [1.54, 1.807) is 5.57 Å². The second kappa shape index (κ2) is 9.30. The Hall–Kier alpha value is -0.900. The van der Waals surface area contributed by atoms with Gasteiger partial charge >= 0.3 is 0 Å². The highest BCUT2D eigenvalue weighted by Crippen LogP contribution is 2.60. The van der Waals surface area contributed by atoms with Crippen molar-refractivity contribution in [3.63, 3.8) is 0 Å². The first-order valence-electron chi connectivity index (χ1n) is 12.2. The molecule has 3 N–H and O–H groups in total. The van der Waals surface area contributed by atoms with Gasteiger partial charge in [0.15, 0.2) is 0 Å². The fourth-order valence-electron chi connectivity index (χ4n) is 6.74. The summed E-state index contributed by atoms with van der Waals surface area (Å²) in [5.41, 5.74) is 3.17. The first-order chi connectivity index (χ1) is 14.0. The van der Waals surface area contributed by atoms with Crippen LogP contribution in [-0.2, 0) is 0 Å². The molecule has 0 aromatic rings. The fourth-order valence-corrected chi connectivity index (χ4v) is 6.74. The summed E-state index contributed by atoms with van der Waals surface area (Å²) in [5.74, 6) is 2.11. The van der Waals surface area contributed by atoms with Gasteiger partial charge in [0.05, 0.1) is 17.8 Å². The number of fused-ring (bicyclic) bond motifs is 1. The largest absolute Gasteiger partial charge is 0.393 e. The van der Waals surface area contributed by atoms with Crippen LogP contribution in [0.1, 0.15) is 91.9 Å². The second-order valence-electron chi connectivity index (χ2n) is 11.3. The number of aliphatic hydroxyl groups is 3. The molecule has 0 amide bonds. The first kappa shape index (κ1) is 23.8. The average molecular weight is 417 g/mol. The number of aliphatic hydroxyl groups excluding tert-OH is 2. The van der Waals surface area contributed by atoms with Gasteiger partial charge in [-0.3, -0.25) is 0 Å². The van der Waals surface area contributed by atoms with Crippen LogP contribution in [0.5, 0.6) is 0 Å². The van der Waals surface area contributed by atoms with Gasteiger partial charge in [-0.05, 0) is 93.1 Å². The van der Waals surface area contributed by atoms with Crippen LogP contribution >= 0.6 is 0 Å². The minimum absolute atomic E-state index is 0.374. The van der Waals surface area contributed by atoms with Gasteiger partial charge in [0.1, 0.15) is 0 Å². The molecule has 1 unspecified atom stereocenters. The Balaban J connectivity index is 1.70. The van der Waals surface area contributed by atoms with Gasteiger partial charge in [0, 0.05) is 6.42 Å². The molecule has 0 heterocycles. The summed E-state index contributed by atoms with van der Waals surface area (Å²) < 4.78 is 0. The van der Waals surface area contributed by atoms with Crippen LogP contribution < -0.4 is 0 Å². The normalized spacial score (nSPS) is 38.8. The van der Waals surface area contributed by atoms with Crippen LogP contribution in [0.15, 0.2) is 35.5 Å². The third kappa shape index (κ3) is 5.29. The predicted molar refractivity (Wildman–Crippen MR) is 124 cm³/mol. The zero-order chi connectivity index (χ0) is 22.1. The number of allylic oxidation sites excluding steroid dienone is 3. The minimum atomic E-state index is -0.615. The topological polar surface area (TPSA) is 60.7 Å². The SMILES string of the molecule is C=C1/C(=C\C=C2/CCC[C@]3(C)C([C@H](C)CCCC(C)(C)O)CC[C@@H]23)C[C@@H](O)C[C@@H]1O. The lowest BCUT2D eigenvalue weighted by Gasteiger charge is -2.44.